The zero-order chi connectivity index (χ0) is 22.5. The molecule has 1 aliphatic rings. The molecule has 0 aromatic heterocycles. The first-order valence-electron chi connectivity index (χ1n) is 9.01. The van der Waals surface area contributed by atoms with E-state index in [1.165, 1.54) is 17.0 Å². The number of halogens is 1. The summed E-state index contributed by atoms with van der Waals surface area (Å²) >= 11 is 6.35. The van der Waals surface area contributed by atoms with E-state index in [4.69, 9.17) is 12.2 Å². The molecular formula is C20H15FN3O5S2-. The predicted molar refractivity (Wildman–Crippen MR) is 117 cm³/mol. The molecule has 0 bridgehead atoms. The summed E-state index contributed by atoms with van der Waals surface area (Å²) in [7, 11) is 0. The Bertz CT molecular complexity index is 1090. The molecule has 0 aliphatic carbocycles. The van der Waals surface area contributed by atoms with Crippen LogP contribution in [0.5, 0.6) is 5.75 Å². The molecule has 1 aliphatic heterocycles. The number of thioether (sulfide) groups is 1. The van der Waals surface area contributed by atoms with Gasteiger partial charge in [0.05, 0.1) is 9.83 Å². The SMILES string of the molecule is O=C(CCCN1C(=O)/C(=C/c2ccc(F)cc2)SC1=S)Nc1cc([N+](=O)[O-])ccc1[O-]. The molecule has 1 N–H and O–H groups in total. The van der Waals surface area contributed by atoms with E-state index >= 15 is 0 Å². The Balaban J connectivity index is 1.55. The number of rotatable bonds is 7. The third-order valence-corrected chi connectivity index (χ3v) is 5.65. The number of carbonyl (C=O) groups is 2. The summed E-state index contributed by atoms with van der Waals surface area (Å²) in [6.45, 7) is 0.192. The van der Waals surface area contributed by atoms with Gasteiger partial charge >= 0.3 is 0 Å². The molecule has 3 rings (SSSR count). The third-order valence-electron chi connectivity index (χ3n) is 4.27. The normalized spacial score (nSPS) is 14.9. The van der Waals surface area contributed by atoms with Crippen LogP contribution in [0.25, 0.3) is 6.08 Å². The van der Waals surface area contributed by atoms with Crippen molar-refractivity contribution in [3.05, 3.63) is 68.9 Å². The lowest BCUT2D eigenvalue weighted by Gasteiger charge is -2.16. The van der Waals surface area contributed by atoms with E-state index in [0.29, 0.717) is 14.8 Å². The molecule has 2 aromatic rings. The van der Waals surface area contributed by atoms with Crippen LogP contribution >= 0.6 is 24.0 Å². The highest BCUT2D eigenvalue weighted by atomic mass is 32.2. The van der Waals surface area contributed by atoms with Crippen LogP contribution in [-0.4, -0.2) is 32.5 Å². The number of carbonyl (C=O) groups excluding carboxylic acids is 2. The number of thiocarbonyl (C=S) groups is 1. The predicted octanol–water partition coefficient (Wildman–Crippen LogP) is 3.43. The lowest BCUT2D eigenvalue weighted by atomic mass is 10.2. The summed E-state index contributed by atoms with van der Waals surface area (Å²) in [5, 5.41) is 24.9. The monoisotopic (exact) mass is 460 g/mol. The maximum absolute atomic E-state index is 13.0. The standard InChI is InChI=1S/C20H16FN3O5S2/c21-13-5-3-12(4-6-13)10-17-19(27)23(20(30)31-17)9-1-2-18(26)22-15-11-14(24(28)29)7-8-16(15)25/h3-8,10-11,25H,1-2,9H2,(H,22,26)/p-1/b17-10-. The molecule has 2 aromatic carbocycles. The van der Waals surface area contributed by atoms with Crippen LogP contribution in [0.4, 0.5) is 15.8 Å². The number of hydrogen-bond donors (Lipinski definition) is 1. The molecule has 31 heavy (non-hydrogen) atoms. The summed E-state index contributed by atoms with van der Waals surface area (Å²) in [5.74, 6) is -1.73. The first-order chi connectivity index (χ1) is 14.7. The number of hydrogen-bond acceptors (Lipinski definition) is 7. The van der Waals surface area contributed by atoms with Crippen LogP contribution in [0.3, 0.4) is 0 Å². The van der Waals surface area contributed by atoms with E-state index in [9.17, 15) is 29.2 Å². The fourth-order valence-corrected chi connectivity index (χ4v) is 4.05. The summed E-state index contributed by atoms with van der Waals surface area (Å²) in [6.07, 6.45) is 1.87. The van der Waals surface area contributed by atoms with Crippen LogP contribution in [-0.2, 0) is 9.59 Å². The van der Waals surface area contributed by atoms with Gasteiger partial charge in [0.15, 0.2) is 0 Å². The fourth-order valence-electron chi connectivity index (χ4n) is 2.74. The van der Waals surface area contributed by atoms with Gasteiger partial charge in [-0.1, -0.05) is 47.9 Å². The van der Waals surface area contributed by atoms with Gasteiger partial charge in [-0.3, -0.25) is 24.6 Å². The quantitative estimate of drug-likeness (QED) is 0.291. The van der Waals surface area contributed by atoms with E-state index in [2.05, 4.69) is 5.32 Å². The van der Waals surface area contributed by atoms with Crippen LogP contribution in [0.15, 0.2) is 47.4 Å². The summed E-state index contributed by atoms with van der Waals surface area (Å²) in [6, 6.07) is 8.75. The number of benzene rings is 2. The van der Waals surface area contributed by atoms with Crippen molar-refractivity contribution in [3.8, 4) is 5.75 Å². The Hall–Kier alpha value is -3.31. The smallest absolute Gasteiger partial charge is 0.271 e. The Labute approximate surface area is 185 Å². The zero-order valence-electron chi connectivity index (χ0n) is 15.9. The number of anilines is 1. The van der Waals surface area contributed by atoms with Gasteiger partial charge < -0.3 is 10.4 Å². The number of nitro benzene ring substituents is 1. The second-order valence-electron chi connectivity index (χ2n) is 6.47. The maximum Gasteiger partial charge on any atom is 0.271 e. The van der Waals surface area contributed by atoms with Crippen molar-refractivity contribution in [2.45, 2.75) is 12.8 Å². The minimum Gasteiger partial charge on any atom is -0.871 e. The van der Waals surface area contributed by atoms with Gasteiger partial charge in [0.2, 0.25) is 5.91 Å². The summed E-state index contributed by atoms with van der Waals surface area (Å²) in [4.78, 5) is 36.6. The van der Waals surface area contributed by atoms with E-state index in [-0.39, 0.29) is 42.5 Å². The van der Waals surface area contributed by atoms with Crippen molar-refractivity contribution in [1.82, 2.24) is 4.90 Å². The summed E-state index contributed by atoms with van der Waals surface area (Å²) < 4.78 is 13.4. The molecule has 1 heterocycles. The van der Waals surface area contributed by atoms with E-state index < -0.39 is 16.6 Å². The minimum absolute atomic E-state index is 0.0177. The van der Waals surface area contributed by atoms with E-state index in [0.717, 1.165) is 30.0 Å². The highest BCUT2D eigenvalue weighted by molar-refractivity contribution is 8.26. The largest absolute Gasteiger partial charge is 0.871 e. The van der Waals surface area contributed by atoms with Crippen molar-refractivity contribution in [2.24, 2.45) is 0 Å². The van der Waals surface area contributed by atoms with Crippen LogP contribution in [0, 0.1) is 15.9 Å². The molecule has 0 unspecified atom stereocenters. The first-order valence-corrected chi connectivity index (χ1v) is 10.2. The Morgan fingerprint density at radius 3 is 2.65 bits per heavy atom. The molecule has 8 nitrogen and oxygen atoms in total. The Kier molecular flexibility index (Phi) is 6.98. The molecule has 0 radical (unpaired) electrons. The highest BCUT2D eigenvalue weighted by Crippen LogP contribution is 2.33. The fraction of sp³-hybridized carbons (Fsp3) is 0.150. The highest BCUT2D eigenvalue weighted by Gasteiger charge is 2.31. The molecule has 160 valence electrons. The van der Waals surface area contributed by atoms with Crippen molar-refractivity contribution in [1.29, 1.82) is 0 Å². The number of amides is 2. The Morgan fingerprint density at radius 2 is 1.97 bits per heavy atom. The second-order valence-corrected chi connectivity index (χ2v) is 8.15. The van der Waals surface area contributed by atoms with Crippen molar-refractivity contribution < 1.29 is 24.0 Å². The first kappa shape index (κ1) is 22.4. The average Bonchev–Trinajstić information content (AvgIpc) is 2.98. The zero-order valence-corrected chi connectivity index (χ0v) is 17.5. The number of nitro groups is 1. The third kappa shape index (κ3) is 5.64. The van der Waals surface area contributed by atoms with Crippen LogP contribution < -0.4 is 10.4 Å². The molecule has 0 spiro atoms. The molecule has 1 saturated heterocycles. The maximum atomic E-state index is 13.0. The molecule has 1 fully saturated rings. The van der Waals surface area contributed by atoms with Crippen molar-refractivity contribution in [2.75, 3.05) is 11.9 Å². The van der Waals surface area contributed by atoms with Crippen molar-refractivity contribution in [3.63, 3.8) is 0 Å². The van der Waals surface area contributed by atoms with E-state index in [1.807, 2.05) is 0 Å². The molecular weight excluding hydrogens is 445 g/mol. The van der Waals surface area contributed by atoms with E-state index in [1.54, 1.807) is 18.2 Å². The lowest BCUT2D eigenvalue weighted by molar-refractivity contribution is -0.385. The molecule has 0 saturated carbocycles. The minimum atomic E-state index is -0.663. The number of nitrogens with one attached hydrogen (secondary N) is 1. The van der Waals surface area contributed by atoms with Gasteiger partial charge in [0.25, 0.3) is 11.6 Å². The number of non-ortho nitro benzene ring substituents is 1. The number of nitrogens with zero attached hydrogens (tertiary/aromatic N) is 2. The van der Waals surface area contributed by atoms with Gasteiger partial charge in [0, 0.05) is 30.8 Å². The van der Waals surface area contributed by atoms with Crippen LogP contribution in [0.2, 0.25) is 0 Å². The lowest BCUT2D eigenvalue weighted by Crippen LogP contribution is -2.29. The molecule has 11 heteroatoms. The van der Waals surface area contributed by atoms with Gasteiger partial charge in [-0.25, -0.2) is 4.39 Å². The summed E-state index contributed by atoms with van der Waals surface area (Å²) in [5.41, 5.74) is 0.180. The van der Waals surface area contributed by atoms with Crippen LogP contribution in [0.1, 0.15) is 18.4 Å². The van der Waals surface area contributed by atoms with Gasteiger partial charge in [-0.2, -0.15) is 0 Å². The topological polar surface area (TPSA) is 116 Å². The average molecular weight is 460 g/mol. The van der Waals surface area contributed by atoms with Gasteiger partial charge in [-0.15, -0.1) is 0 Å². The molecule has 0 atom stereocenters. The van der Waals surface area contributed by atoms with Gasteiger partial charge in [0.1, 0.15) is 10.1 Å². The molecule has 2 amide bonds. The second kappa shape index (κ2) is 9.67. The van der Waals surface area contributed by atoms with Gasteiger partial charge in [-0.05, 0) is 30.2 Å². The van der Waals surface area contributed by atoms with Crippen molar-refractivity contribution >= 4 is 57.6 Å². The Morgan fingerprint density at radius 1 is 1.26 bits per heavy atom.